The number of methoxy groups -OCH3 is 1. The van der Waals surface area contributed by atoms with Crippen LogP contribution >= 0.6 is 11.3 Å². The molecule has 1 aromatic heterocycles. The first-order chi connectivity index (χ1) is 21.2. The molecule has 44 heavy (non-hydrogen) atoms. The minimum Gasteiger partial charge on any atom is -0.504 e. The summed E-state index contributed by atoms with van der Waals surface area (Å²) in [5, 5.41) is 42.8. The molecule has 0 bridgehead atoms. The summed E-state index contributed by atoms with van der Waals surface area (Å²) in [6.45, 7) is 0. The van der Waals surface area contributed by atoms with E-state index in [2.05, 4.69) is 25.6 Å². The quantitative estimate of drug-likeness (QED) is 0.121. The van der Waals surface area contributed by atoms with Gasteiger partial charge in [-0.15, -0.1) is 0 Å². The second-order valence-corrected chi connectivity index (χ2v) is 10.7. The summed E-state index contributed by atoms with van der Waals surface area (Å²) in [6.07, 6.45) is 2.54. The largest absolute Gasteiger partial charge is 0.504 e. The molecule has 2 heterocycles. The molecule has 4 aromatic rings. The minimum atomic E-state index is -0.443. The third kappa shape index (κ3) is 6.96. The van der Waals surface area contributed by atoms with Gasteiger partial charge in [0.05, 0.1) is 34.3 Å². The number of nitrogens with zero attached hydrogens (tertiary/aromatic N) is 6. The summed E-state index contributed by atoms with van der Waals surface area (Å²) in [5.41, 5.74) is 5.99. The minimum absolute atomic E-state index is 0.00331. The summed E-state index contributed by atoms with van der Waals surface area (Å²) in [4.78, 5) is 33.7. The van der Waals surface area contributed by atoms with Crippen molar-refractivity contribution in [3.05, 3.63) is 109 Å². The maximum Gasteiger partial charge on any atom is 0.269 e. The molecule has 226 valence electrons. The lowest BCUT2D eigenvalue weighted by molar-refractivity contribution is -0.385. The number of phenolic OH excluding ortho intramolecular Hbond substituents is 1. The number of hydrogen-bond donors (Lipinski definition) is 2. The van der Waals surface area contributed by atoms with Gasteiger partial charge in [-0.1, -0.05) is 40.8 Å². The van der Waals surface area contributed by atoms with Crippen LogP contribution in [0.3, 0.4) is 0 Å². The van der Waals surface area contributed by atoms with Gasteiger partial charge in [-0.25, -0.2) is 0 Å². The van der Waals surface area contributed by atoms with Crippen LogP contribution in [0.15, 0.2) is 82.4 Å². The normalized spacial score (nSPS) is 16.9. The summed E-state index contributed by atoms with van der Waals surface area (Å²) < 4.78 is 5.10. The van der Waals surface area contributed by atoms with Gasteiger partial charge in [0.15, 0.2) is 11.5 Å². The van der Waals surface area contributed by atoms with Crippen LogP contribution < -0.4 is 15.0 Å². The van der Waals surface area contributed by atoms with Crippen molar-refractivity contribution in [3.63, 3.8) is 0 Å². The lowest BCUT2D eigenvalue weighted by atomic mass is 9.87. The van der Waals surface area contributed by atoms with E-state index >= 15 is 0 Å². The van der Waals surface area contributed by atoms with Gasteiger partial charge < -0.3 is 14.7 Å². The number of nitrogens with one attached hydrogen (secondary N) is 1. The van der Waals surface area contributed by atoms with E-state index in [0.29, 0.717) is 29.3 Å². The van der Waals surface area contributed by atoms with Crippen LogP contribution in [0.1, 0.15) is 41.6 Å². The van der Waals surface area contributed by atoms with Crippen LogP contribution in [0.25, 0.3) is 0 Å². The topological polar surface area (TPSA) is 178 Å². The number of rotatable bonds is 10. The Morgan fingerprint density at radius 2 is 1.59 bits per heavy atom. The van der Waals surface area contributed by atoms with Crippen LogP contribution in [0, 0.1) is 20.2 Å². The Hall–Kier alpha value is -5.41. The van der Waals surface area contributed by atoms with E-state index in [-0.39, 0.29) is 35.1 Å². The third-order valence-corrected chi connectivity index (χ3v) is 7.87. The van der Waals surface area contributed by atoms with Gasteiger partial charge in [0.1, 0.15) is 0 Å². The number of piperidine rings is 1. The van der Waals surface area contributed by atoms with Gasteiger partial charge in [-0.2, -0.15) is 10.1 Å². The van der Waals surface area contributed by atoms with Crippen LogP contribution in [-0.2, 0) is 0 Å². The number of phenols is 1. The van der Waals surface area contributed by atoms with E-state index < -0.39 is 9.85 Å². The maximum atomic E-state index is 11.2. The number of aromatic nitrogens is 1. The average Bonchev–Trinajstić information content (AvgIpc) is 3.49. The van der Waals surface area contributed by atoms with E-state index in [4.69, 9.17) is 9.57 Å². The molecule has 0 spiro atoms. The van der Waals surface area contributed by atoms with Crippen molar-refractivity contribution >= 4 is 39.8 Å². The molecule has 5 rings (SSSR count). The third-order valence-electron chi connectivity index (χ3n) is 7.15. The molecular formula is C29H27N7O7S. The number of oxime groups is 1. The van der Waals surface area contributed by atoms with Gasteiger partial charge in [-0.05, 0) is 41.9 Å². The SMILES string of the molecule is COc1cc(C=NNc2nc(ON=C3CC(c4ccc([N+](=O)[O-])cc4)N(C)C(c4ccc([N+](=O)[O-])cc4)C3)cs2)ccc1O. The molecule has 15 heteroatoms. The molecule has 3 aromatic carbocycles. The van der Waals surface area contributed by atoms with Gasteiger partial charge in [0.2, 0.25) is 5.13 Å². The Bertz CT molecular complexity index is 1640. The number of anilines is 1. The maximum absolute atomic E-state index is 11.2. The average molecular weight is 618 g/mol. The summed E-state index contributed by atoms with van der Waals surface area (Å²) >= 11 is 1.27. The number of hydrazone groups is 1. The number of thiazole rings is 1. The van der Waals surface area contributed by atoms with Gasteiger partial charge >= 0.3 is 0 Å². The summed E-state index contributed by atoms with van der Waals surface area (Å²) in [7, 11) is 3.41. The van der Waals surface area contributed by atoms with Crippen molar-refractivity contribution < 1.29 is 24.5 Å². The Balaban J connectivity index is 1.32. The zero-order valence-corrected chi connectivity index (χ0v) is 24.4. The number of hydrogen-bond acceptors (Lipinski definition) is 13. The zero-order chi connectivity index (χ0) is 31.2. The van der Waals surface area contributed by atoms with Crippen molar-refractivity contribution in [2.45, 2.75) is 24.9 Å². The number of nitro groups is 2. The number of nitro benzene ring substituents is 2. The predicted molar refractivity (Wildman–Crippen MR) is 165 cm³/mol. The number of likely N-dealkylation sites (tertiary alicyclic amines) is 1. The standard InChI is InChI=1S/C29H27N7O7S/c1-34-24(19-4-8-22(9-5-19)35(38)39)14-21(15-25(34)20-6-10-23(11-7-20)36(40)41)33-43-28-17-44-29(31-28)32-30-16-18-3-12-26(37)27(13-18)42-2/h3-13,16-17,24-25,37H,14-15H2,1-2H3,(H,31,32). The van der Waals surface area contributed by atoms with E-state index in [0.717, 1.165) is 16.8 Å². The molecule has 0 aliphatic carbocycles. The number of benzene rings is 3. The highest BCUT2D eigenvalue weighted by atomic mass is 32.1. The Labute approximate surface area is 255 Å². The molecule has 1 saturated heterocycles. The number of ether oxygens (including phenoxy) is 1. The highest BCUT2D eigenvalue weighted by Gasteiger charge is 2.34. The first kappa shape index (κ1) is 30.1. The fourth-order valence-corrected chi connectivity index (χ4v) is 5.41. The monoisotopic (exact) mass is 617 g/mol. The van der Waals surface area contributed by atoms with E-state index in [1.807, 2.05) is 7.05 Å². The Kier molecular flexibility index (Phi) is 9.06. The van der Waals surface area contributed by atoms with Crippen molar-refractivity contribution in [1.29, 1.82) is 0 Å². The first-order valence-corrected chi connectivity index (χ1v) is 14.1. The van der Waals surface area contributed by atoms with Crippen LogP contribution in [0.4, 0.5) is 16.5 Å². The molecule has 2 unspecified atom stereocenters. The van der Waals surface area contributed by atoms with E-state index in [9.17, 15) is 25.3 Å². The van der Waals surface area contributed by atoms with E-state index in [1.165, 1.54) is 48.8 Å². The smallest absolute Gasteiger partial charge is 0.269 e. The van der Waals surface area contributed by atoms with Crippen molar-refractivity contribution in [1.82, 2.24) is 9.88 Å². The lowest BCUT2D eigenvalue weighted by Gasteiger charge is -2.40. The summed E-state index contributed by atoms with van der Waals surface area (Å²) in [5.74, 6) is 0.631. The van der Waals surface area contributed by atoms with Crippen LogP contribution in [0.5, 0.6) is 17.4 Å². The molecule has 2 N–H and O–H groups in total. The van der Waals surface area contributed by atoms with Crippen molar-refractivity contribution in [3.8, 4) is 17.4 Å². The second kappa shape index (κ2) is 13.3. The number of aromatic hydroxyl groups is 1. The molecule has 1 aliphatic heterocycles. The Morgan fingerprint density at radius 3 is 2.14 bits per heavy atom. The molecule has 0 radical (unpaired) electrons. The Morgan fingerprint density at radius 1 is 1.00 bits per heavy atom. The molecule has 0 amide bonds. The molecule has 14 nitrogen and oxygen atoms in total. The highest BCUT2D eigenvalue weighted by molar-refractivity contribution is 7.13. The van der Waals surface area contributed by atoms with Crippen LogP contribution in [-0.4, -0.2) is 50.9 Å². The lowest BCUT2D eigenvalue weighted by Crippen LogP contribution is -2.37. The molecule has 1 aliphatic rings. The van der Waals surface area contributed by atoms with Gasteiger partial charge in [0, 0.05) is 49.2 Å². The van der Waals surface area contributed by atoms with E-state index in [1.54, 1.807) is 48.0 Å². The second-order valence-electron chi connectivity index (χ2n) is 9.84. The van der Waals surface area contributed by atoms with Gasteiger partial charge in [-0.3, -0.25) is 30.6 Å². The molecule has 0 saturated carbocycles. The van der Waals surface area contributed by atoms with Crippen molar-refractivity contribution in [2.24, 2.45) is 10.3 Å². The summed E-state index contributed by atoms with van der Waals surface area (Å²) in [6, 6.07) is 17.2. The fraction of sp³-hybridized carbons (Fsp3) is 0.207. The predicted octanol–water partition coefficient (Wildman–Crippen LogP) is 6.06. The van der Waals surface area contributed by atoms with Gasteiger partial charge in [0.25, 0.3) is 17.3 Å². The molecule has 2 atom stereocenters. The van der Waals surface area contributed by atoms with Crippen molar-refractivity contribution in [2.75, 3.05) is 19.6 Å². The number of non-ortho nitro benzene ring substituents is 2. The highest BCUT2D eigenvalue weighted by Crippen LogP contribution is 2.40. The molecular weight excluding hydrogens is 590 g/mol. The first-order valence-electron chi connectivity index (χ1n) is 13.3. The fourth-order valence-electron chi connectivity index (χ4n) is 4.85. The zero-order valence-electron chi connectivity index (χ0n) is 23.6. The van der Waals surface area contributed by atoms with Crippen LogP contribution in [0.2, 0.25) is 0 Å². The molecule has 1 fully saturated rings.